The Balaban J connectivity index is 1.98. The van der Waals surface area contributed by atoms with Crippen LogP contribution in [0, 0.1) is 0 Å². The number of morpholine rings is 1. The van der Waals surface area contributed by atoms with E-state index >= 15 is 0 Å². The van der Waals surface area contributed by atoms with Gasteiger partial charge in [-0.2, -0.15) is 0 Å². The van der Waals surface area contributed by atoms with E-state index in [0.717, 1.165) is 48.7 Å². The molecule has 1 N–H and O–H groups in total. The SMILES string of the molecule is CCNC(CCN1CCOC(C)C1)c1ccc(Br)cc1Cl. The maximum atomic E-state index is 6.40. The highest BCUT2D eigenvalue weighted by Crippen LogP contribution is 2.28. The maximum absolute atomic E-state index is 6.40. The topological polar surface area (TPSA) is 24.5 Å². The number of nitrogens with zero attached hydrogens (tertiary/aromatic N) is 1. The molecular weight excluding hydrogens is 352 g/mol. The summed E-state index contributed by atoms with van der Waals surface area (Å²) in [5.74, 6) is 0. The summed E-state index contributed by atoms with van der Waals surface area (Å²) in [6, 6.07) is 6.44. The molecule has 2 rings (SSSR count). The number of ether oxygens (including phenoxy) is 1. The molecule has 1 fully saturated rings. The zero-order valence-electron chi connectivity index (χ0n) is 12.7. The van der Waals surface area contributed by atoms with E-state index in [2.05, 4.69) is 52.1 Å². The molecule has 0 aromatic heterocycles. The van der Waals surface area contributed by atoms with Gasteiger partial charge in [0.25, 0.3) is 0 Å². The summed E-state index contributed by atoms with van der Waals surface area (Å²) in [6.07, 6.45) is 1.40. The average molecular weight is 376 g/mol. The van der Waals surface area contributed by atoms with Crippen molar-refractivity contribution in [1.29, 1.82) is 0 Å². The van der Waals surface area contributed by atoms with Crippen molar-refractivity contribution < 1.29 is 4.74 Å². The smallest absolute Gasteiger partial charge is 0.0674 e. The van der Waals surface area contributed by atoms with Gasteiger partial charge in [-0.15, -0.1) is 0 Å². The van der Waals surface area contributed by atoms with Crippen molar-refractivity contribution in [3.63, 3.8) is 0 Å². The predicted octanol–water partition coefficient (Wildman–Crippen LogP) is 3.86. The van der Waals surface area contributed by atoms with E-state index < -0.39 is 0 Å². The van der Waals surface area contributed by atoms with Crippen molar-refractivity contribution >= 4 is 27.5 Å². The van der Waals surface area contributed by atoms with Crippen molar-refractivity contribution in [2.45, 2.75) is 32.4 Å². The summed E-state index contributed by atoms with van der Waals surface area (Å²) in [5, 5.41) is 4.38. The number of benzene rings is 1. The van der Waals surface area contributed by atoms with Crippen LogP contribution in [0.2, 0.25) is 5.02 Å². The Morgan fingerprint density at radius 2 is 2.33 bits per heavy atom. The molecule has 1 aliphatic heterocycles. The van der Waals surface area contributed by atoms with Crippen molar-refractivity contribution in [3.8, 4) is 0 Å². The van der Waals surface area contributed by atoms with Gasteiger partial charge in [-0.1, -0.05) is 40.5 Å². The third-order valence-corrected chi connectivity index (χ3v) is 4.67. The second-order valence-electron chi connectivity index (χ2n) is 5.55. The molecule has 2 unspecified atom stereocenters. The number of halogens is 2. The van der Waals surface area contributed by atoms with Crippen LogP contribution in [0.5, 0.6) is 0 Å². The van der Waals surface area contributed by atoms with Gasteiger partial charge in [-0.3, -0.25) is 4.90 Å². The quantitative estimate of drug-likeness (QED) is 0.817. The molecule has 1 aromatic carbocycles. The van der Waals surface area contributed by atoms with E-state index in [1.807, 2.05) is 6.07 Å². The van der Waals surface area contributed by atoms with Crippen molar-refractivity contribution in [2.24, 2.45) is 0 Å². The van der Waals surface area contributed by atoms with Crippen molar-refractivity contribution in [2.75, 3.05) is 32.8 Å². The third kappa shape index (κ3) is 5.22. The monoisotopic (exact) mass is 374 g/mol. The van der Waals surface area contributed by atoms with Crippen LogP contribution in [-0.4, -0.2) is 43.8 Å². The normalized spacial score (nSPS) is 21.4. The van der Waals surface area contributed by atoms with Crippen LogP contribution in [0.1, 0.15) is 31.9 Å². The van der Waals surface area contributed by atoms with Gasteiger partial charge in [0, 0.05) is 35.2 Å². The Kier molecular flexibility index (Phi) is 6.96. The highest BCUT2D eigenvalue weighted by molar-refractivity contribution is 9.10. The molecule has 0 aliphatic carbocycles. The lowest BCUT2D eigenvalue weighted by atomic mass is 10.0. The van der Waals surface area contributed by atoms with Gasteiger partial charge in [0.1, 0.15) is 0 Å². The van der Waals surface area contributed by atoms with Gasteiger partial charge in [0.2, 0.25) is 0 Å². The van der Waals surface area contributed by atoms with Crippen LogP contribution in [0.15, 0.2) is 22.7 Å². The third-order valence-electron chi connectivity index (χ3n) is 3.85. The first-order valence-electron chi connectivity index (χ1n) is 7.62. The van der Waals surface area contributed by atoms with Crippen molar-refractivity contribution in [1.82, 2.24) is 10.2 Å². The minimum Gasteiger partial charge on any atom is -0.376 e. The number of rotatable bonds is 6. The fourth-order valence-corrected chi connectivity index (χ4v) is 3.61. The van der Waals surface area contributed by atoms with Gasteiger partial charge < -0.3 is 10.1 Å². The minimum absolute atomic E-state index is 0.300. The Morgan fingerprint density at radius 1 is 1.52 bits per heavy atom. The molecule has 21 heavy (non-hydrogen) atoms. The van der Waals surface area contributed by atoms with Crippen LogP contribution >= 0.6 is 27.5 Å². The molecule has 3 nitrogen and oxygen atoms in total. The fourth-order valence-electron chi connectivity index (χ4n) is 2.80. The van der Waals surface area contributed by atoms with Crippen LogP contribution in [0.25, 0.3) is 0 Å². The molecule has 0 spiro atoms. The van der Waals surface area contributed by atoms with Crippen LogP contribution in [0.3, 0.4) is 0 Å². The predicted molar refractivity (Wildman–Crippen MR) is 92.0 cm³/mol. The van der Waals surface area contributed by atoms with Crippen LogP contribution in [-0.2, 0) is 4.74 Å². The molecular formula is C16H24BrClN2O. The van der Waals surface area contributed by atoms with Gasteiger partial charge in [0.05, 0.1) is 12.7 Å². The molecule has 1 saturated heterocycles. The summed E-state index contributed by atoms with van der Waals surface area (Å²) >= 11 is 9.87. The minimum atomic E-state index is 0.300. The first kappa shape index (κ1) is 17.2. The van der Waals surface area contributed by atoms with Crippen LogP contribution < -0.4 is 5.32 Å². The highest BCUT2D eigenvalue weighted by Gasteiger charge is 2.19. The van der Waals surface area contributed by atoms with E-state index in [1.54, 1.807) is 0 Å². The summed E-state index contributed by atoms with van der Waals surface area (Å²) in [7, 11) is 0. The van der Waals surface area contributed by atoms with Gasteiger partial charge in [-0.25, -0.2) is 0 Å². The molecule has 0 radical (unpaired) electrons. The second-order valence-corrected chi connectivity index (χ2v) is 6.87. The summed E-state index contributed by atoms with van der Waals surface area (Å²) in [4.78, 5) is 2.48. The Hall–Kier alpha value is -0.130. The van der Waals surface area contributed by atoms with Gasteiger partial charge in [-0.05, 0) is 37.6 Å². The largest absolute Gasteiger partial charge is 0.376 e. The number of hydrogen-bond donors (Lipinski definition) is 1. The first-order valence-corrected chi connectivity index (χ1v) is 8.79. The molecule has 1 aliphatic rings. The Bertz CT molecular complexity index is 458. The zero-order valence-corrected chi connectivity index (χ0v) is 15.1. The van der Waals surface area contributed by atoms with E-state index in [-0.39, 0.29) is 0 Å². The zero-order chi connectivity index (χ0) is 15.2. The van der Waals surface area contributed by atoms with Crippen molar-refractivity contribution in [3.05, 3.63) is 33.3 Å². The summed E-state index contributed by atoms with van der Waals surface area (Å²) in [5.41, 5.74) is 1.18. The molecule has 1 heterocycles. The number of hydrogen-bond acceptors (Lipinski definition) is 3. The lowest BCUT2D eigenvalue weighted by Gasteiger charge is -2.32. The molecule has 0 bridgehead atoms. The maximum Gasteiger partial charge on any atom is 0.0674 e. The van der Waals surface area contributed by atoms with E-state index in [1.165, 1.54) is 5.56 Å². The Labute approximate surface area is 141 Å². The van der Waals surface area contributed by atoms with Gasteiger partial charge in [0.15, 0.2) is 0 Å². The van der Waals surface area contributed by atoms with Crippen LogP contribution in [0.4, 0.5) is 0 Å². The summed E-state index contributed by atoms with van der Waals surface area (Å²) in [6.45, 7) is 9.17. The molecule has 2 atom stereocenters. The first-order chi connectivity index (χ1) is 10.1. The molecule has 1 aromatic rings. The molecule has 0 saturated carbocycles. The lowest BCUT2D eigenvalue weighted by molar-refractivity contribution is -0.0192. The lowest BCUT2D eigenvalue weighted by Crippen LogP contribution is -2.42. The summed E-state index contributed by atoms with van der Waals surface area (Å²) < 4.78 is 6.62. The van der Waals surface area contributed by atoms with Gasteiger partial charge >= 0.3 is 0 Å². The number of nitrogens with one attached hydrogen (secondary N) is 1. The average Bonchev–Trinajstić information content (AvgIpc) is 2.44. The van der Waals surface area contributed by atoms with E-state index in [4.69, 9.17) is 16.3 Å². The molecule has 5 heteroatoms. The second kappa shape index (κ2) is 8.49. The van der Waals surface area contributed by atoms with E-state index in [9.17, 15) is 0 Å². The van der Waals surface area contributed by atoms with E-state index in [0.29, 0.717) is 12.1 Å². The standard InChI is InChI=1S/C16H24BrClN2O/c1-3-19-16(14-5-4-13(17)10-15(14)18)6-7-20-8-9-21-12(2)11-20/h4-5,10,12,16,19H,3,6-9,11H2,1-2H3. The molecule has 0 amide bonds. The fraction of sp³-hybridized carbons (Fsp3) is 0.625. The molecule has 118 valence electrons. The Morgan fingerprint density at radius 3 is 3.00 bits per heavy atom. The highest BCUT2D eigenvalue weighted by atomic mass is 79.9.